The van der Waals surface area contributed by atoms with Crippen LogP contribution >= 0.6 is 7.60 Å². The molecule has 80 valence electrons. The van der Waals surface area contributed by atoms with Gasteiger partial charge in [-0.2, -0.15) is 0 Å². The highest BCUT2D eigenvalue weighted by Gasteiger charge is 2.35. The number of hydrogen-bond donors (Lipinski definition) is 2. The zero-order chi connectivity index (χ0) is 10.5. The van der Waals surface area contributed by atoms with Crippen LogP contribution in [0.3, 0.4) is 0 Å². The summed E-state index contributed by atoms with van der Waals surface area (Å²) in [4.78, 5) is 0. The monoisotopic (exact) mass is 211 g/mol. The van der Waals surface area contributed by atoms with Crippen LogP contribution in [0.4, 0.5) is 0 Å². The lowest BCUT2D eigenvalue weighted by molar-refractivity contribution is 0.152. The van der Waals surface area contributed by atoms with Gasteiger partial charge in [-0.3, -0.25) is 4.57 Å². The molecule has 0 rings (SSSR count). The molecular formula is C7H18NO4P. The second-order valence-electron chi connectivity index (χ2n) is 2.61. The van der Waals surface area contributed by atoms with Gasteiger partial charge in [-0.1, -0.05) is 0 Å². The van der Waals surface area contributed by atoms with E-state index >= 15 is 0 Å². The van der Waals surface area contributed by atoms with Crippen molar-refractivity contribution in [1.29, 1.82) is 0 Å². The lowest BCUT2D eigenvalue weighted by Crippen LogP contribution is -2.33. The summed E-state index contributed by atoms with van der Waals surface area (Å²) in [7, 11) is -3.34. The van der Waals surface area contributed by atoms with Gasteiger partial charge in [-0.15, -0.1) is 0 Å². The van der Waals surface area contributed by atoms with Gasteiger partial charge in [0, 0.05) is 0 Å². The van der Waals surface area contributed by atoms with E-state index in [4.69, 9.17) is 19.9 Å². The smallest absolute Gasteiger partial charge is 0.349 e. The Balaban J connectivity index is 4.47. The molecule has 0 aliphatic carbocycles. The Hall–Kier alpha value is 0.0700. The molecule has 0 heterocycles. The summed E-state index contributed by atoms with van der Waals surface area (Å²) in [6.07, 6.45) is -0.913. The molecule has 0 saturated carbocycles. The van der Waals surface area contributed by atoms with E-state index in [1.165, 1.54) is 6.92 Å². The van der Waals surface area contributed by atoms with Crippen LogP contribution in [0.25, 0.3) is 0 Å². The molecule has 0 aromatic rings. The van der Waals surface area contributed by atoms with Crippen molar-refractivity contribution >= 4 is 7.60 Å². The maximum absolute atomic E-state index is 11.8. The van der Waals surface area contributed by atoms with Gasteiger partial charge >= 0.3 is 7.60 Å². The van der Waals surface area contributed by atoms with Crippen LogP contribution in [0, 0.1) is 0 Å². The summed E-state index contributed by atoms with van der Waals surface area (Å²) in [5.74, 6) is -0.979. The SMILES string of the molecule is CCOP(=O)(OCC)[C@@H](N)[C@H](C)O. The molecule has 6 heteroatoms. The van der Waals surface area contributed by atoms with E-state index in [9.17, 15) is 4.57 Å². The Morgan fingerprint density at radius 1 is 1.38 bits per heavy atom. The van der Waals surface area contributed by atoms with E-state index in [2.05, 4.69) is 0 Å². The normalized spacial score (nSPS) is 17.0. The van der Waals surface area contributed by atoms with E-state index in [1.54, 1.807) is 13.8 Å². The molecule has 5 nitrogen and oxygen atoms in total. The molecule has 0 aromatic carbocycles. The van der Waals surface area contributed by atoms with Gasteiger partial charge in [0.2, 0.25) is 0 Å². The molecule has 0 bridgehead atoms. The lowest BCUT2D eigenvalue weighted by Gasteiger charge is -2.24. The van der Waals surface area contributed by atoms with Crippen LogP contribution in [-0.2, 0) is 13.6 Å². The third kappa shape index (κ3) is 3.75. The van der Waals surface area contributed by atoms with Gasteiger partial charge in [-0.25, -0.2) is 0 Å². The molecule has 2 atom stereocenters. The minimum Gasteiger partial charge on any atom is -0.391 e. The highest BCUT2D eigenvalue weighted by molar-refractivity contribution is 7.54. The van der Waals surface area contributed by atoms with Gasteiger partial charge in [0.15, 0.2) is 0 Å². The first-order chi connectivity index (χ1) is 5.98. The average Bonchev–Trinajstić information content (AvgIpc) is 2.03. The fourth-order valence-corrected chi connectivity index (χ4v) is 2.50. The summed E-state index contributed by atoms with van der Waals surface area (Å²) in [5, 5.41) is 9.15. The van der Waals surface area contributed by atoms with Gasteiger partial charge < -0.3 is 19.9 Å². The second kappa shape index (κ2) is 5.73. The number of aliphatic hydroxyl groups is 1. The van der Waals surface area contributed by atoms with Crippen molar-refractivity contribution in [3.8, 4) is 0 Å². The van der Waals surface area contributed by atoms with E-state index in [0.717, 1.165) is 0 Å². The van der Waals surface area contributed by atoms with Crippen molar-refractivity contribution < 1.29 is 18.7 Å². The van der Waals surface area contributed by atoms with Crippen LogP contribution in [0.2, 0.25) is 0 Å². The molecule has 3 N–H and O–H groups in total. The lowest BCUT2D eigenvalue weighted by atomic mass is 10.4. The highest BCUT2D eigenvalue weighted by atomic mass is 31.2. The van der Waals surface area contributed by atoms with E-state index in [-0.39, 0.29) is 13.2 Å². The molecule has 0 unspecified atom stereocenters. The van der Waals surface area contributed by atoms with Crippen LogP contribution in [0.5, 0.6) is 0 Å². The second-order valence-corrected chi connectivity index (χ2v) is 4.80. The number of nitrogens with two attached hydrogens (primary N) is 1. The van der Waals surface area contributed by atoms with Crippen molar-refractivity contribution in [2.75, 3.05) is 13.2 Å². The Morgan fingerprint density at radius 2 is 1.77 bits per heavy atom. The molecule has 13 heavy (non-hydrogen) atoms. The predicted molar refractivity (Wildman–Crippen MR) is 50.5 cm³/mol. The topological polar surface area (TPSA) is 81.8 Å². The Morgan fingerprint density at radius 3 is 2.00 bits per heavy atom. The van der Waals surface area contributed by atoms with Crippen LogP contribution in [-0.4, -0.2) is 30.2 Å². The Bertz CT molecular complexity index is 175. The third-order valence-corrected chi connectivity index (χ3v) is 3.88. The molecule has 0 saturated heterocycles. The summed E-state index contributed by atoms with van der Waals surface area (Å²) in [5.41, 5.74) is 5.50. The maximum Gasteiger partial charge on any atom is 0.349 e. The Labute approximate surface area is 78.8 Å². The number of aliphatic hydroxyl groups excluding tert-OH is 1. The molecule has 0 radical (unpaired) electrons. The minimum atomic E-state index is -3.34. The number of rotatable bonds is 6. The largest absolute Gasteiger partial charge is 0.391 e. The van der Waals surface area contributed by atoms with E-state index in [1.807, 2.05) is 0 Å². The van der Waals surface area contributed by atoms with Crippen LogP contribution in [0.15, 0.2) is 0 Å². The van der Waals surface area contributed by atoms with Crippen molar-refractivity contribution in [2.24, 2.45) is 5.73 Å². The van der Waals surface area contributed by atoms with Crippen molar-refractivity contribution in [2.45, 2.75) is 32.7 Å². The fraction of sp³-hybridized carbons (Fsp3) is 1.00. The van der Waals surface area contributed by atoms with Gasteiger partial charge in [0.25, 0.3) is 0 Å². The third-order valence-electron chi connectivity index (χ3n) is 1.48. The molecule has 0 aliphatic heterocycles. The van der Waals surface area contributed by atoms with Crippen molar-refractivity contribution in [1.82, 2.24) is 0 Å². The maximum atomic E-state index is 11.8. The molecular weight excluding hydrogens is 193 g/mol. The van der Waals surface area contributed by atoms with Crippen molar-refractivity contribution in [3.63, 3.8) is 0 Å². The quantitative estimate of drug-likeness (QED) is 0.638. The summed E-state index contributed by atoms with van der Waals surface area (Å²) in [6.45, 7) is 5.34. The molecule has 0 spiro atoms. The zero-order valence-corrected chi connectivity index (χ0v) is 9.16. The first kappa shape index (κ1) is 13.1. The fourth-order valence-electron chi connectivity index (χ4n) is 0.834. The molecule has 0 aliphatic rings. The molecule has 0 amide bonds. The first-order valence-electron chi connectivity index (χ1n) is 4.30. The number of hydrogen-bond acceptors (Lipinski definition) is 5. The zero-order valence-electron chi connectivity index (χ0n) is 8.27. The summed E-state index contributed by atoms with van der Waals surface area (Å²) in [6, 6.07) is 0. The Kier molecular flexibility index (Phi) is 5.76. The minimum absolute atomic E-state index is 0.248. The average molecular weight is 211 g/mol. The van der Waals surface area contributed by atoms with E-state index in [0.29, 0.717) is 0 Å². The van der Waals surface area contributed by atoms with Gasteiger partial charge in [0.1, 0.15) is 5.78 Å². The van der Waals surface area contributed by atoms with Crippen LogP contribution < -0.4 is 5.73 Å². The molecule has 0 aromatic heterocycles. The standard InChI is InChI=1S/C7H18NO4P/c1-4-11-13(10,12-5-2)7(8)6(3)9/h6-7,9H,4-5,8H2,1-3H3/t6-,7+/m0/s1. The predicted octanol–water partition coefficient (Wildman–Crippen LogP) is 0.918. The van der Waals surface area contributed by atoms with E-state index < -0.39 is 19.5 Å². The highest BCUT2D eigenvalue weighted by Crippen LogP contribution is 2.51. The van der Waals surface area contributed by atoms with Crippen LogP contribution in [0.1, 0.15) is 20.8 Å². The summed E-state index contributed by atoms with van der Waals surface area (Å²) < 4.78 is 21.7. The van der Waals surface area contributed by atoms with Gasteiger partial charge in [0.05, 0.1) is 19.3 Å². The van der Waals surface area contributed by atoms with Crippen molar-refractivity contribution in [3.05, 3.63) is 0 Å². The van der Waals surface area contributed by atoms with Gasteiger partial charge in [-0.05, 0) is 20.8 Å². The molecule has 0 fully saturated rings. The first-order valence-corrected chi connectivity index (χ1v) is 5.91. The summed E-state index contributed by atoms with van der Waals surface area (Å²) >= 11 is 0.